The van der Waals surface area contributed by atoms with Gasteiger partial charge in [-0.05, 0) is 16.0 Å². The number of nitrogens with zero attached hydrogens (tertiary/aromatic N) is 2. The number of aliphatic carboxylic acids is 1. The molecule has 0 saturated heterocycles. The summed E-state index contributed by atoms with van der Waals surface area (Å²) >= 11 is 0. The monoisotopic (exact) mass is 316 g/mol. The van der Waals surface area contributed by atoms with Crippen LogP contribution in [-0.4, -0.2) is 27.3 Å². The third-order valence-electron chi connectivity index (χ3n) is 2.02. The molecule has 0 aliphatic carbocycles. The normalized spacial score (nSPS) is 11.5. The van der Waals surface area contributed by atoms with Crippen molar-refractivity contribution in [2.75, 3.05) is 0 Å². The average molecular weight is 316 g/mol. The molecule has 0 aliphatic heterocycles. The van der Waals surface area contributed by atoms with E-state index in [0.717, 1.165) is 0 Å². The number of nitro groups is 1. The van der Waals surface area contributed by atoms with E-state index < -0.39 is 52.9 Å². The maximum atomic E-state index is 12.6. The van der Waals surface area contributed by atoms with E-state index >= 15 is 0 Å². The predicted molar refractivity (Wildman–Crippen MR) is 53.9 cm³/mol. The van der Waals surface area contributed by atoms with Crippen LogP contribution in [0.2, 0.25) is 0 Å². The smallest absolute Gasteiger partial charge is 0.481 e. The molecular weight excluding hydrogens is 311 g/mol. The lowest BCUT2D eigenvalue weighted by Crippen LogP contribution is -2.19. The van der Waals surface area contributed by atoms with Crippen molar-refractivity contribution < 1.29 is 41.5 Å². The molecule has 1 N–H and O–H groups in total. The van der Waals surface area contributed by atoms with Gasteiger partial charge in [0.25, 0.3) is 5.69 Å². The quantitative estimate of drug-likeness (QED) is 0.508. The van der Waals surface area contributed by atoms with E-state index in [1.165, 1.54) is 0 Å². The number of carboxylic acid groups (broad SMARTS) is 1. The minimum absolute atomic E-state index is 0.217. The minimum atomic E-state index is -5.35. The zero-order valence-corrected chi connectivity index (χ0v) is 9.73. The highest BCUT2D eigenvalue weighted by molar-refractivity contribution is 5.72. The molecule has 1 aromatic rings. The number of ether oxygens (including phenoxy) is 1. The first-order chi connectivity index (χ1) is 9.51. The molecule has 0 radical (unpaired) electrons. The zero-order chi connectivity index (χ0) is 16.4. The molecule has 0 bridgehead atoms. The van der Waals surface area contributed by atoms with E-state index in [9.17, 15) is 36.9 Å². The molecule has 0 fully saturated rings. The van der Waals surface area contributed by atoms with Gasteiger partial charge in [0.15, 0.2) is 5.75 Å². The molecule has 21 heavy (non-hydrogen) atoms. The molecule has 0 spiro atoms. The maximum absolute atomic E-state index is 12.6. The van der Waals surface area contributed by atoms with Crippen molar-refractivity contribution in [3.05, 3.63) is 27.4 Å². The van der Waals surface area contributed by atoms with Gasteiger partial charge in [-0.25, -0.2) is 8.78 Å². The predicted octanol–water partition coefficient (Wildman–Crippen LogP) is 2.45. The number of pyridine rings is 1. The first kappa shape index (κ1) is 16.5. The van der Waals surface area contributed by atoms with Gasteiger partial charge in [-0.15, -0.1) is 13.2 Å². The fraction of sp³-hybridized carbons (Fsp3) is 0.333. The van der Waals surface area contributed by atoms with Crippen LogP contribution < -0.4 is 4.74 Å². The molecule has 0 saturated carbocycles. The van der Waals surface area contributed by atoms with Crippen LogP contribution >= 0.6 is 0 Å². The highest BCUT2D eigenvalue weighted by Crippen LogP contribution is 2.35. The van der Waals surface area contributed by atoms with Gasteiger partial charge in [-0.1, -0.05) is 0 Å². The second-order valence-electron chi connectivity index (χ2n) is 3.53. The van der Waals surface area contributed by atoms with Crippen LogP contribution in [-0.2, 0) is 11.2 Å². The van der Waals surface area contributed by atoms with E-state index in [1.54, 1.807) is 0 Å². The van der Waals surface area contributed by atoms with E-state index in [1.807, 2.05) is 0 Å². The number of alkyl halides is 5. The van der Waals surface area contributed by atoms with Gasteiger partial charge in [0.1, 0.15) is 0 Å². The Bertz CT molecular complexity index is 574. The fourth-order valence-electron chi connectivity index (χ4n) is 1.35. The van der Waals surface area contributed by atoms with Crippen molar-refractivity contribution in [2.45, 2.75) is 19.2 Å². The van der Waals surface area contributed by atoms with Gasteiger partial charge in [0, 0.05) is 0 Å². The molecule has 116 valence electrons. The van der Waals surface area contributed by atoms with Crippen molar-refractivity contribution in [1.29, 1.82) is 0 Å². The molecule has 0 aliphatic rings. The van der Waals surface area contributed by atoms with Gasteiger partial charge in [0.2, 0.25) is 0 Å². The first-order valence-corrected chi connectivity index (χ1v) is 4.95. The summed E-state index contributed by atoms with van der Waals surface area (Å²) in [6.45, 7) is 0. The number of hydrogen-bond donors (Lipinski definition) is 1. The number of halogens is 5. The molecule has 12 heteroatoms. The standard InChI is InChI=1S/C9H5F5N2O5/c10-7(11)6-4(21-9(12,13)14)1-3(2-5(17)18)8(15-6)16(19)20/h1,7H,2H2,(H,17,18). The fourth-order valence-corrected chi connectivity index (χ4v) is 1.35. The summed E-state index contributed by atoms with van der Waals surface area (Å²) in [4.78, 5) is 22.6. The van der Waals surface area contributed by atoms with Crippen molar-refractivity contribution in [3.63, 3.8) is 0 Å². The van der Waals surface area contributed by atoms with Crippen LogP contribution in [0, 0.1) is 10.1 Å². The summed E-state index contributed by atoms with van der Waals surface area (Å²) in [6, 6.07) is 0.217. The Balaban J connectivity index is 3.47. The Kier molecular flexibility index (Phi) is 4.60. The number of carbonyl (C=O) groups is 1. The summed E-state index contributed by atoms with van der Waals surface area (Å²) < 4.78 is 64.8. The minimum Gasteiger partial charge on any atom is -0.481 e. The zero-order valence-electron chi connectivity index (χ0n) is 9.73. The Hall–Kier alpha value is -2.53. The highest BCUT2D eigenvalue weighted by atomic mass is 19.4. The number of hydrogen-bond acceptors (Lipinski definition) is 5. The lowest BCUT2D eigenvalue weighted by Gasteiger charge is -2.11. The van der Waals surface area contributed by atoms with Crippen LogP contribution in [0.5, 0.6) is 5.75 Å². The molecule has 1 rings (SSSR count). The van der Waals surface area contributed by atoms with Crippen LogP contribution in [0.3, 0.4) is 0 Å². The van der Waals surface area contributed by atoms with E-state index in [4.69, 9.17) is 5.11 Å². The van der Waals surface area contributed by atoms with Gasteiger partial charge in [0.05, 0.1) is 12.0 Å². The largest absolute Gasteiger partial charge is 0.573 e. The first-order valence-electron chi connectivity index (χ1n) is 4.95. The maximum Gasteiger partial charge on any atom is 0.573 e. The Morgan fingerprint density at radius 1 is 1.48 bits per heavy atom. The van der Waals surface area contributed by atoms with Crippen molar-refractivity contribution in [2.24, 2.45) is 0 Å². The summed E-state index contributed by atoms with van der Waals surface area (Å²) in [7, 11) is 0. The molecule has 0 amide bonds. The Morgan fingerprint density at radius 2 is 2.05 bits per heavy atom. The van der Waals surface area contributed by atoms with Crippen molar-refractivity contribution in [1.82, 2.24) is 4.98 Å². The second kappa shape index (κ2) is 5.85. The van der Waals surface area contributed by atoms with Crippen LogP contribution in [0.25, 0.3) is 0 Å². The molecule has 0 aromatic carbocycles. The third-order valence-corrected chi connectivity index (χ3v) is 2.02. The summed E-state index contributed by atoms with van der Waals surface area (Å²) in [6.07, 6.45) is -10.0. The molecule has 0 unspecified atom stereocenters. The average Bonchev–Trinajstić information content (AvgIpc) is 2.24. The van der Waals surface area contributed by atoms with Gasteiger partial charge in [-0.2, -0.15) is 0 Å². The lowest BCUT2D eigenvalue weighted by molar-refractivity contribution is -0.390. The lowest BCUT2D eigenvalue weighted by atomic mass is 10.1. The van der Waals surface area contributed by atoms with Crippen molar-refractivity contribution >= 4 is 11.8 Å². The van der Waals surface area contributed by atoms with Crippen LogP contribution in [0.15, 0.2) is 6.07 Å². The molecular formula is C9H5F5N2O5. The number of aromatic nitrogens is 1. The Labute approximate surface area is 112 Å². The van der Waals surface area contributed by atoms with Gasteiger partial charge < -0.3 is 20.0 Å². The Morgan fingerprint density at radius 3 is 2.43 bits per heavy atom. The molecule has 7 nitrogen and oxygen atoms in total. The topological polar surface area (TPSA) is 103 Å². The van der Waals surface area contributed by atoms with E-state index in [2.05, 4.69) is 9.72 Å². The molecule has 1 heterocycles. The summed E-state index contributed by atoms with van der Waals surface area (Å²) in [5.41, 5.74) is -2.40. The SMILES string of the molecule is O=C(O)Cc1cc(OC(F)(F)F)c(C(F)F)nc1[N+](=O)[O-]. The van der Waals surface area contributed by atoms with Gasteiger partial charge >= 0.3 is 24.6 Å². The van der Waals surface area contributed by atoms with Crippen LogP contribution in [0.4, 0.5) is 27.8 Å². The third kappa shape index (κ3) is 4.50. The number of carboxylic acids is 1. The second-order valence-corrected chi connectivity index (χ2v) is 3.53. The van der Waals surface area contributed by atoms with Crippen LogP contribution in [0.1, 0.15) is 17.7 Å². The highest BCUT2D eigenvalue weighted by Gasteiger charge is 2.37. The van der Waals surface area contributed by atoms with E-state index in [-0.39, 0.29) is 6.07 Å². The molecule has 0 atom stereocenters. The van der Waals surface area contributed by atoms with Gasteiger partial charge in [-0.3, -0.25) is 4.79 Å². The summed E-state index contributed by atoms with van der Waals surface area (Å²) in [5.74, 6) is -4.38. The molecule has 1 aromatic heterocycles. The van der Waals surface area contributed by atoms with Crippen molar-refractivity contribution in [3.8, 4) is 5.75 Å². The number of rotatable bonds is 5. The summed E-state index contributed by atoms with van der Waals surface area (Å²) in [5, 5.41) is 19.1. The van der Waals surface area contributed by atoms with E-state index in [0.29, 0.717) is 0 Å².